The van der Waals surface area contributed by atoms with Crippen LogP contribution in [0.5, 0.6) is 0 Å². The van der Waals surface area contributed by atoms with Gasteiger partial charge in [0, 0.05) is 32.2 Å². The molecular formula is C18H27FN2O3. The fourth-order valence-corrected chi connectivity index (χ4v) is 3.88. The predicted octanol–water partition coefficient (Wildman–Crippen LogP) is 0.829. The van der Waals surface area contributed by atoms with Crippen molar-refractivity contribution in [2.45, 2.75) is 44.1 Å². The smallest absolute Gasteiger partial charge is 0.146 e. The summed E-state index contributed by atoms with van der Waals surface area (Å²) in [4.78, 5) is 4.14. The van der Waals surface area contributed by atoms with Crippen LogP contribution in [0.15, 0.2) is 24.3 Å². The van der Waals surface area contributed by atoms with Gasteiger partial charge in [0.05, 0.1) is 17.9 Å². The minimum Gasteiger partial charge on any atom is -0.389 e. The summed E-state index contributed by atoms with van der Waals surface area (Å²) in [5, 5.41) is 29.7. The summed E-state index contributed by atoms with van der Waals surface area (Å²) in [6.45, 7) is 4.66. The van der Waals surface area contributed by atoms with Crippen molar-refractivity contribution in [1.29, 1.82) is 0 Å². The van der Waals surface area contributed by atoms with Crippen LogP contribution in [0.4, 0.5) is 10.1 Å². The Hall–Kier alpha value is -1.21. The summed E-state index contributed by atoms with van der Waals surface area (Å²) >= 11 is 0. The van der Waals surface area contributed by atoms with Crippen LogP contribution in [0.1, 0.15) is 19.8 Å². The van der Waals surface area contributed by atoms with Crippen molar-refractivity contribution in [2.24, 2.45) is 5.92 Å². The summed E-state index contributed by atoms with van der Waals surface area (Å²) in [6, 6.07) is 6.69. The molecule has 0 unspecified atom stereocenters. The maximum atomic E-state index is 13.9. The molecule has 0 aliphatic carbocycles. The molecule has 1 aromatic carbocycles. The lowest BCUT2D eigenvalue weighted by atomic mass is 9.90. The molecule has 24 heavy (non-hydrogen) atoms. The van der Waals surface area contributed by atoms with Gasteiger partial charge in [-0.25, -0.2) is 4.39 Å². The van der Waals surface area contributed by atoms with Gasteiger partial charge in [-0.2, -0.15) is 0 Å². The van der Waals surface area contributed by atoms with Crippen LogP contribution in [0.2, 0.25) is 0 Å². The van der Waals surface area contributed by atoms with Gasteiger partial charge in [0.15, 0.2) is 0 Å². The number of hydrogen-bond acceptors (Lipinski definition) is 5. The average Bonchev–Trinajstić information content (AvgIpc) is 2.59. The Kier molecular flexibility index (Phi) is 5.39. The molecular weight excluding hydrogens is 311 g/mol. The molecule has 1 aromatic rings. The van der Waals surface area contributed by atoms with E-state index in [-0.39, 0.29) is 11.9 Å². The van der Waals surface area contributed by atoms with E-state index in [1.165, 1.54) is 6.07 Å². The summed E-state index contributed by atoms with van der Waals surface area (Å²) in [6.07, 6.45) is -1.00. The first-order chi connectivity index (χ1) is 11.5. The monoisotopic (exact) mass is 338 g/mol. The van der Waals surface area contributed by atoms with Crippen molar-refractivity contribution in [3.8, 4) is 0 Å². The number of benzene rings is 1. The third-order valence-electron chi connectivity index (χ3n) is 5.54. The highest BCUT2D eigenvalue weighted by molar-refractivity contribution is 5.47. The maximum absolute atomic E-state index is 13.9. The Morgan fingerprint density at radius 2 is 1.75 bits per heavy atom. The average molecular weight is 338 g/mol. The quantitative estimate of drug-likeness (QED) is 0.762. The molecule has 2 aliphatic heterocycles. The van der Waals surface area contributed by atoms with Crippen LogP contribution in [-0.4, -0.2) is 70.8 Å². The lowest BCUT2D eigenvalue weighted by Crippen LogP contribution is -2.61. The Labute approximate surface area is 142 Å². The van der Waals surface area contributed by atoms with Gasteiger partial charge in [-0.3, -0.25) is 4.90 Å². The van der Waals surface area contributed by atoms with Crippen LogP contribution >= 0.6 is 0 Å². The minimum atomic E-state index is -1.07. The third-order valence-corrected chi connectivity index (χ3v) is 5.54. The highest BCUT2D eigenvalue weighted by Crippen LogP contribution is 2.28. The molecule has 3 N–H and O–H groups in total. The number of anilines is 1. The van der Waals surface area contributed by atoms with Gasteiger partial charge in [0.2, 0.25) is 0 Å². The number of aliphatic hydroxyl groups is 3. The van der Waals surface area contributed by atoms with E-state index in [0.29, 0.717) is 18.2 Å². The van der Waals surface area contributed by atoms with Gasteiger partial charge in [-0.1, -0.05) is 12.1 Å². The van der Waals surface area contributed by atoms with Crippen molar-refractivity contribution < 1.29 is 19.7 Å². The number of likely N-dealkylation sites (tertiary alicyclic amines) is 1. The first kappa shape index (κ1) is 17.6. The molecule has 0 bridgehead atoms. The summed E-state index contributed by atoms with van der Waals surface area (Å²) < 4.78 is 13.9. The molecule has 0 amide bonds. The highest BCUT2D eigenvalue weighted by atomic mass is 19.1. The number of β-amino-alcohol motifs (C(OH)–C–C–N with tert-alkyl or cyclic N) is 1. The van der Waals surface area contributed by atoms with Crippen molar-refractivity contribution in [1.82, 2.24) is 4.90 Å². The SMILES string of the molecule is C[C@@H]1[C@@H](O)[C@H](O)[C@@H](O)CN1CC1CCN(c2ccccc2F)CC1. The normalized spacial score (nSPS) is 33.0. The zero-order valence-electron chi connectivity index (χ0n) is 14.1. The number of piperidine rings is 2. The fourth-order valence-electron chi connectivity index (χ4n) is 3.88. The largest absolute Gasteiger partial charge is 0.389 e. The van der Waals surface area contributed by atoms with Gasteiger partial charge in [-0.05, 0) is 37.8 Å². The van der Waals surface area contributed by atoms with E-state index in [1.54, 1.807) is 6.07 Å². The van der Waals surface area contributed by atoms with E-state index in [2.05, 4.69) is 9.80 Å². The Morgan fingerprint density at radius 3 is 2.42 bits per heavy atom. The predicted molar refractivity (Wildman–Crippen MR) is 90.4 cm³/mol. The molecule has 2 fully saturated rings. The van der Waals surface area contributed by atoms with Gasteiger partial charge < -0.3 is 20.2 Å². The molecule has 0 radical (unpaired) electrons. The number of aliphatic hydroxyl groups excluding tert-OH is 3. The highest BCUT2D eigenvalue weighted by Gasteiger charge is 2.39. The van der Waals surface area contributed by atoms with Crippen LogP contribution in [0, 0.1) is 11.7 Å². The first-order valence-electron chi connectivity index (χ1n) is 8.75. The second-order valence-corrected chi connectivity index (χ2v) is 7.12. The van der Waals surface area contributed by atoms with Gasteiger partial charge in [-0.15, -0.1) is 0 Å². The first-order valence-corrected chi connectivity index (χ1v) is 8.75. The number of para-hydroxylation sites is 1. The maximum Gasteiger partial charge on any atom is 0.146 e. The zero-order valence-corrected chi connectivity index (χ0v) is 14.1. The number of hydrogen-bond donors (Lipinski definition) is 3. The lowest BCUT2D eigenvalue weighted by molar-refractivity contribution is -0.135. The van der Waals surface area contributed by atoms with Crippen LogP contribution in [-0.2, 0) is 0 Å². The molecule has 4 atom stereocenters. The molecule has 2 aliphatic rings. The van der Waals surface area contributed by atoms with E-state index < -0.39 is 18.3 Å². The third kappa shape index (κ3) is 3.57. The topological polar surface area (TPSA) is 67.2 Å². The van der Waals surface area contributed by atoms with E-state index in [9.17, 15) is 19.7 Å². The van der Waals surface area contributed by atoms with Crippen molar-refractivity contribution in [2.75, 3.05) is 31.1 Å². The number of rotatable bonds is 3. The fraction of sp³-hybridized carbons (Fsp3) is 0.667. The second kappa shape index (κ2) is 7.35. The number of nitrogens with zero attached hydrogens (tertiary/aromatic N) is 2. The van der Waals surface area contributed by atoms with Gasteiger partial charge >= 0.3 is 0 Å². The molecule has 3 rings (SSSR count). The molecule has 2 heterocycles. The van der Waals surface area contributed by atoms with Crippen molar-refractivity contribution in [3.05, 3.63) is 30.1 Å². The van der Waals surface area contributed by atoms with E-state index in [0.717, 1.165) is 32.5 Å². The lowest BCUT2D eigenvalue weighted by Gasteiger charge is -2.44. The molecule has 0 saturated carbocycles. The van der Waals surface area contributed by atoms with Gasteiger partial charge in [0.25, 0.3) is 0 Å². The molecule has 2 saturated heterocycles. The molecule has 0 aromatic heterocycles. The van der Waals surface area contributed by atoms with Crippen LogP contribution in [0.25, 0.3) is 0 Å². The molecule has 0 spiro atoms. The number of halogens is 1. The van der Waals surface area contributed by atoms with E-state index in [1.807, 2.05) is 19.1 Å². The summed E-state index contributed by atoms with van der Waals surface area (Å²) in [5.74, 6) is 0.269. The molecule has 134 valence electrons. The van der Waals surface area contributed by atoms with E-state index >= 15 is 0 Å². The van der Waals surface area contributed by atoms with E-state index in [4.69, 9.17) is 0 Å². The summed E-state index contributed by atoms with van der Waals surface area (Å²) in [5.41, 5.74) is 0.663. The second-order valence-electron chi connectivity index (χ2n) is 7.12. The van der Waals surface area contributed by atoms with Crippen molar-refractivity contribution in [3.63, 3.8) is 0 Å². The standard InChI is InChI=1S/C18H27FN2O3/c1-12-17(23)18(24)16(22)11-21(12)10-13-6-8-20(9-7-13)15-5-3-2-4-14(15)19/h2-5,12-13,16-18,22-24H,6-11H2,1H3/t12-,16+,17-,18-/m1/s1. The summed E-state index contributed by atoms with van der Waals surface area (Å²) in [7, 11) is 0. The zero-order chi connectivity index (χ0) is 17.3. The Bertz CT molecular complexity index is 551. The Balaban J connectivity index is 1.55. The Morgan fingerprint density at radius 1 is 1.08 bits per heavy atom. The van der Waals surface area contributed by atoms with Crippen molar-refractivity contribution >= 4 is 5.69 Å². The van der Waals surface area contributed by atoms with Crippen LogP contribution in [0.3, 0.4) is 0 Å². The van der Waals surface area contributed by atoms with Gasteiger partial charge in [0.1, 0.15) is 11.9 Å². The molecule has 6 heteroatoms. The minimum absolute atomic E-state index is 0.173. The van der Waals surface area contributed by atoms with Crippen LogP contribution < -0.4 is 4.90 Å². The molecule has 5 nitrogen and oxygen atoms in total.